The predicted molar refractivity (Wildman–Crippen MR) is 102 cm³/mol. The molecule has 0 fully saturated rings. The topological polar surface area (TPSA) is 76.4 Å². The second-order valence-corrected chi connectivity index (χ2v) is 6.99. The van der Waals surface area contributed by atoms with Crippen LogP contribution < -0.4 is 10.9 Å². The van der Waals surface area contributed by atoms with E-state index in [0.29, 0.717) is 28.3 Å². The molecule has 0 unspecified atom stereocenters. The fourth-order valence-corrected chi connectivity index (χ4v) is 3.86. The van der Waals surface area contributed by atoms with Crippen molar-refractivity contribution < 1.29 is 14.0 Å². The van der Waals surface area contributed by atoms with Crippen molar-refractivity contribution in [2.45, 2.75) is 34.6 Å². The average Bonchev–Trinajstić information content (AvgIpc) is 2.44. The minimum absolute atomic E-state index is 0.00132. The van der Waals surface area contributed by atoms with Crippen LogP contribution in [0.15, 0.2) is 43.9 Å². The number of hydrogen-bond acceptors (Lipinski definition) is 5. The largest absolute Gasteiger partial charge is 0.428 e. The Morgan fingerprint density at radius 2 is 1.62 bits per heavy atom. The van der Waals surface area contributed by atoms with Gasteiger partial charge in [0.25, 0.3) is 0 Å². The van der Waals surface area contributed by atoms with Gasteiger partial charge >= 0.3 is 5.63 Å². The molecule has 2 heterocycles. The van der Waals surface area contributed by atoms with Crippen LogP contribution >= 0.6 is 23.2 Å². The lowest BCUT2D eigenvalue weighted by atomic mass is 9.81. The fourth-order valence-electron chi connectivity index (χ4n) is 3.18. The van der Waals surface area contributed by atoms with Crippen molar-refractivity contribution in [1.29, 1.82) is 0 Å². The first kappa shape index (κ1) is 20.2. The quantitative estimate of drug-likeness (QED) is 0.829. The van der Waals surface area contributed by atoms with Gasteiger partial charge < -0.3 is 9.73 Å². The highest BCUT2D eigenvalue weighted by atomic mass is 35.5. The van der Waals surface area contributed by atoms with E-state index in [1.54, 1.807) is 20.8 Å². The highest BCUT2D eigenvalue weighted by molar-refractivity contribution is 6.50. The maximum Gasteiger partial charge on any atom is 0.346 e. The molecule has 0 bridgehead atoms. The molecule has 2 rings (SSSR count). The summed E-state index contributed by atoms with van der Waals surface area (Å²) in [5.41, 5.74) is 1.40. The van der Waals surface area contributed by atoms with Crippen LogP contribution in [-0.4, -0.2) is 11.6 Å². The summed E-state index contributed by atoms with van der Waals surface area (Å²) in [6.45, 7) is 7.93. The van der Waals surface area contributed by atoms with Gasteiger partial charge in [0.15, 0.2) is 11.6 Å². The number of carbonyl (C=O) groups is 2. The minimum Gasteiger partial charge on any atom is -0.428 e. The number of carbonyl (C=O) groups excluding carboxylic acids is 2. The highest BCUT2D eigenvalue weighted by Crippen LogP contribution is 2.35. The van der Waals surface area contributed by atoms with E-state index in [-0.39, 0.29) is 27.2 Å². The minimum atomic E-state index is -0.685. The number of nitrogens with one attached hydrogen (secondary N) is 1. The van der Waals surface area contributed by atoms with Gasteiger partial charge in [-0.2, -0.15) is 0 Å². The molecule has 0 radical (unpaired) electrons. The first-order valence-electron chi connectivity index (χ1n) is 7.93. The van der Waals surface area contributed by atoms with Gasteiger partial charge in [-0.15, -0.1) is 0 Å². The summed E-state index contributed by atoms with van der Waals surface area (Å²) >= 11 is 12.5. The van der Waals surface area contributed by atoms with Gasteiger partial charge in [-0.25, -0.2) is 4.79 Å². The van der Waals surface area contributed by atoms with Crippen LogP contribution in [0.25, 0.3) is 5.03 Å². The van der Waals surface area contributed by atoms with Gasteiger partial charge in [0, 0.05) is 28.5 Å². The average molecular weight is 396 g/mol. The Morgan fingerprint density at radius 3 is 2.04 bits per heavy atom. The number of allylic oxidation sites excluding steroid dienone is 5. The van der Waals surface area contributed by atoms with E-state index in [9.17, 15) is 14.4 Å². The van der Waals surface area contributed by atoms with Crippen molar-refractivity contribution in [2.24, 2.45) is 5.92 Å². The van der Waals surface area contributed by atoms with Crippen LogP contribution in [0.4, 0.5) is 0 Å². The second kappa shape index (κ2) is 7.64. The number of aryl methyl sites for hydroxylation is 1. The molecule has 0 spiro atoms. The maximum absolute atomic E-state index is 12.2. The summed E-state index contributed by atoms with van der Waals surface area (Å²) < 4.78 is 5.05. The van der Waals surface area contributed by atoms with E-state index in [1.807, 2.05) is 0 Å². The van der Waals surface area contributed by atoms with E-state index in [2.05, 4.69) is 5.32 Å². The van der Waals surface area contributed by atoms with Crippen LogP contribution in [0.3, 0.4) is 0 Å². The van der Waals surface area contributed by atoms with Crippen LogP contribution in [0.5, 0.6) is 0 Å². The third-order valence-corrected chi connectivity index (χ3v) is 4.76. The summed E-state index contributed by atoms with van der Waals surface area (Å²) in [6.07, 6.45) is 1.50. The predicted octanol–water partition coefficient (Wildman–Crippen LogP) is 4.13. The Labute approximate surface area is 161 Å². The van der Waals surface area contributed by atoms with Gasteiger partial charge in [-0.3, -0.25) is 9.59 Å². The van der Waals surface area contributed by atoms with E-state index >= 15 is 0 Å². The molecule has 0 aliphatic carbocycles. The molecule has 0 atom stereocenters. The standard InChI is InChI=1S/C19H19Cl2NO4/c1-8-6-14(20)18(19(25)26-8)15(21)7-13-16(11(4)23)9(2)22-10(3)17(13)12(5)24/h6-7,13,22H,1-5H3/b15-7-. The third-order valence-electron chi connectivity index (χ3n) is 4.14. The summed E-state index contributed by atoms with van der Waals surface area (Å²) in [7, 11) is 0. The molecule has 0 aromatic carbocycles. The van der Waals surface area contributed by atoms with Crippen molar-refractivity contribution in [3.8, 4) is 0 Å². The molecule has 0 saturated carbocycles. The van der Waals surface area contributed by atoms with Gasteiger partial charge in [0.1, 0.15) is 5.76 Å². The molecule has 1 aromatic heterocycles. The first-order valence-corrected chi connectivity index (χ1v) is 8.68. The van der Waals surface area contributed by atoms with Crippen LogP contribution in [-0.2, 0) is 9.59 Å². The lowest BCUT2D eigenvalue weighted by Crippen LogP contribution is -2.30. The van der Waals surface area contributed by atoms with Crippen LogP contribution in [0.1, 0.15) is 39.0 Å². The number of ketones is 2. The molecule has 0 saturated heterocycles. The van der Waals surface area contributed by atoms with Crippen LogP contribution in [0, 0.1) is 12.8 Å². The Balaban J connectivity index is 2.70. The first-order chi connectivity index (χ1) is 12.0. The molecular formula is C19H19Cl2NO4. The zero-order valence-electron chi connectivity index (χ0n) is 15.1. The SMILES string of the molecule is CC(=O)C1=C(C)NC(C)=C(C(C)=O)C1/C=C(\Cl)c1c(Cl)cc(C)oc1=O. The lowest BCUT2D eigenvalue weighted by molar-refractivity contribution is -0.114. The molecule has 1 aliphatic heterocycles. The Bertz CT molecular complexity index is 915. The van der Waals surface area contributed by atoms with Gasteiger partial charge in [-0.05, 0) is 40.7 Å². The maximum atomic E-state index is 12.2. The second-order valence-electron chi connectivity index (χ2n) is 6.17. The van der Waals surface area contributed by atoms with E-state index in [1.165, 1.54) is 26.0 Å². The van der Waals surface area contributed by atoms with Gasteiger partial charge in [0.2, 0.25) is 0 Å². The zero-order valence-corrected chi connectivity index (χ0v) is 16.6. The molecule has 7 heteroatoms. The monoisotopic (exact) mass is 395 g/mol. The van der Waals surface area contributed by atoms with Crippen molar-refractivity contribution in [3.05, 3.63) is 61.4 Å². The number of Topliss-reactive ketones (excluding diaryl/α,β-unsaturated/α-hetero) is 2. The highest BCUT2D eigenvalue weighted by Gasteiger charge is 2.31. The van der Waals surface area contributed by atoms with Crippen LogP contribution in [0.2, 0.25) is 5.02 Å². The molecule has 5 nitrogen and oxygen atoms in total. The van der Waals surface area contributed by atoms with Crippen molar-refractivity contribution in [1.82, 2.24) is 5.32 Å². The molecule has 26 heavy (non-hydrogen) atoms. The zero-order chi connectivity index (χ0) is 19.8. The smallest absolute Gasteiger partial charge is 0.346 e. The molecule has 1 aliphatic rings. The molecule has 0 amide bonds. The fraction of sp³-hybridized carbons (Fsp3) is 0.316. The normalized spacial score (nSPS) is 16.0. The summed E-state index contributed by atoms with van der Waals surface area (Å²) in [5, 5.41) is 3.22. The van der Waals surface area contributed by atoms with Gasteiger partial charge in [0.05, 0.1) is 15.6 Å². The summed E-state index contributed by atoms with van der Waals surface area (Å²) in [6, 6.07) is 1.48. The van der Waals surface area contributed by atoms with Crippen molar-refractivity contribution >= 4 is 39.8 Å². The van der Waals surface area contributed by atoms with Crippen molar-refractivity contribution in [2.75, 3.05) is 0 Å². The van der Waals surface area contributed by atoms with E-state index in [0.717, 1.165) is 0 Å². The number of halogens is 2. The lowest BCUT2D eigenvalue weighted by Gasteiger charge is -2.28. The number of dihydropyridines is 1. The summed E-state index contributed by atoms with van der Waals surface area (Å²) in [4.78, 5) is 36.5. The molecule has 138 valence electrons. The van der Waals surface area contributed by atoms with E-state index < -0.39 is 11.5 Å². The van der Waals surface area contributed by atoms with E-state index in [4.69, 9.17) is 27.6 Å². The van der Waals surface area contributed by atoms with Crippen molar-refractivity contribution in [3.63, 3.8) is 0 Å². The van der Waals surface area contributed by atoms with Gasteiger partial charge in [-0.1, -0.05) is 29.3 Å². The summed E-state index contributed by atoms with van der Waals surface area (Å²) in [5.74, 6) is -0.728. The molecule has 1 N–H and O–H groups in total. The number of hydrogen-bond donors (Lipinski definition) is 1. The number of rotatable bonds is 4. The Kier molecular flexibility index (Phi) is 5.94. The molecule has 1 aromatic rings. The third kappa shape index (κ3) is 3.84. The Hall–Kier alpha value is -2.11. The molecular weight excluding hydrogens is 377 g/mol. The Morgan fingerprint density at radius 1 is 1.12 bits per heavy atom.